The Morgan fingerprint density at radius 3 is 2.89 bits per heavy atom. The third-order valence-corrected chi connectivity index (χ3v) is 4.46. The van der Waals surface area contributed by atoms with Crippen molar-refractivity contribution in [2.45, 2.75) is 26.3 Å². The maximum absolute atomic E-state index is 9.13. The Balaban J connectivity index is 1.76. The van der Waals surface area contributed by atoms with Gasteiger partial charge in [-0.3, -0.25) is 4.98 Å². The predicted octanol–water partition coefficient (Wildman–Crippen LogP) is 3.51. The van der Waals surface area contributed by atoms with E-state index >= 15 is 0 Å². The van der Waals surface area contributed by atoms with Crippen molar-refractivity contribution in [2.24, 2.45) is 0 Å². The van der Waals surface area contributed by atoms with E-state index in [1.807, 2.05) is 21.3 Å². The topological polar surface area (TPSA) is 84.7 Å². The molecule has 4 aromatic heterocycles. The number of rotatable bonds is 5. The van der Waals surface area contributed by atoms with Crippen molar-refractivity contribution in [3.05, 3.63) is 65.0 Å². The number of pyridine rings is 1. The summed E-state index contributed by atoms with van der Waals surface area (Å²) in [5.41, 5.74) is 3.92. The van der Waals surface area contributed by atoms with Gasteiger partial charge in [-0.05, 0) is 30.7 Å². The van der Waals surface area contributed by atoms with Crippen molar-refractivity contribution in [3.8, 4) is 17.6 Å². The van der Waals surface area contributed by atoms with Gasteiger partial charge in [0.2, 0.25) is 0 Å². The maximum atomic E-state index is 9.13. The van der Waals surface area contributed by atoms with E-state index in [9.17, 15) is 0 Å². The predicted molar refractivity (Wildman–Crippen MR) is 101 cm³/mol. The summed E-state index contributed by atoms with van der Waals surface area (Å²) in [6.45, 7) is 2.65. The zero-order valence-corrected chi connectivity index (χ0v) is 15.4. The molecule has 0 saturated heterocycles. The first-order chi connectivity index (χ1) is 13.2. The number of aromatic nitrogens is 6. The smallest absolute Gasteiger partial charge is 0.159 e. The van der Waals surface area contributed by atoms with Gasteiger partial charge in [-0.15, -0.1) is 0 Å². The van der Waals surface area contributed by atoms with E-state index in [1.165, 1.54) is 0 Å². The second-order valence-corrected chi connectivity index (χ2v) is 6.49. The minimum absolute atomic E-state index is 0.435. The molecule has 0 fully saturated rings. The molecule has 0 saturated carbocycles. The SMILES string of the molecule is CCCc1c(Cn2ccnc2-c2cc(C#N)ccn2)nc2ccc(Cl)nn12. The second-order valence-electron chi connectivity index (χ2n) is 6.10. The van der Waals surface area contributed by atoms with Crippen molar-refractivity contribution < 1.29 is 0 Å². The van der Waals surface area contributed by atoms with Crippen molar-refractivity contribution in [1.82, 2.24) is 29.1 Å². The van der Waals surface area contributed by atoms with Crippen LogP contribution in [-0.2, 0) is 13.0 Å². The van der Waals surface area contributed by atoms with Crippen LogP contribution in [0.15, 0.2) is 42.9 Å². The molecule has 8 heteroatoms. The molecule has 0 atom stereocenters. The average Bonchev–Trinajstić information content (AvgIpc) is 3.27. The molecule has 4 heterocycles. The van der Waals surface area contributed by atoms with Crippen LogP contribution < -0.4 is 0 Å². The molecule has 0 bridgehead atoms. The van der Waals surface area contributed by atoms with Gasteiger partial charge in [-0.25, -0.2) is 14.5 Å². The van der Waals surface area contributed by atoms with E-state index in [0.29, 0.717) is 28.8 Å². The summed E-state index contributed by atoms with van der Waals surface area (Å²) in [7, 11) is 0. The van der Waals surface area contributed by atoms with Gasteiger partial charge in [0.15, 0.2) is 11.5 Å². The first kappa shape index (κ1) is 17.2. The van der Waals surface area contributed by atoms with Gasteiger partial charge in [0.1, 0.15) is 10.8 Å². The Morgan fingerprint density at radius 2 is 2.07 bits per heavy atom. The zero-order valence-electron chi connectivity index (χ0n) is 14.7. The van der Waals surface area contributed by atoms with Crippen LogP contribution >= 0.6 is 11.6 Å². The molecule has 134 valence electrons. The standard InChI is InChI=1S/C19H16ClN7/c1-2-3-16-15(24-18-5-4-17(20)25-27(16)18)12-26-9-8-23-19(26)14-10-13(11-21)6-7-22-14/h4-10H,2-3,12H2,1H3. The summed E-state index contributed by atoms with van der Waals surface area (Å²) >= 11 is 6.07. The fourth-order valence-corrected chi connectivity index (χ4v) is 3.21. The number of halogens is 1. The van der Waals surface area contributed by atoms with Gasteiger partial charge in [-0.2, -0.15) is 10.4 Å². The lowest BCUT2D eigenvalue weighted by Gasteiger charge is -2.08. The number of imidazole rings is 2. The van der Waals surface area contributed by atoms with Crippen molar-refractivity contribution in [3.63, 3.8) is 0 Å². The molecule has 0 spiro atoms. The molecule has 0 aliphatic carbocycles. The summed E-state index contributed by atoms with van der Waals surface area (Å²) in [5.74, 6) is 0.692. The van der Waals surface area contributed by atoms with Crippen LogP contribution in [0.2, 0.25) is 5.15 Å². The molecule has 0 unspecified atom stereocenters. The van der Waals surface area contributed by atoms with Crippen LogP contribution in [0.4, 0.5) is 0 Å². The van der Waals surface area contributed by atoms with Gasteiger partial charge in [0.05, 0.1) is 29.6 Å². The third-order valence-electron chi connectivity index (χ3n) is 4.26. The summed E-state index contributed by atoms with van der Waals surface area (Å²) in [6, 6.07) is 9.15. The molecule has 0 N–H and O–H groups in total. The van der Waals surface area contributed by atoms with E-state index < -0.39 is 0 Å². The van der Waals surface area contributed by atoms with Crippen molar-refractivity contribution >= 4 is 17.2 Å². The van der Waals surface area contributed by atoms with Gasteiger partial charge in [0, 0.05) is 18.6 Å². The lowest BCUT2D eigenvalue weighted by molar-refractivity contribution is 0.742. The molecular weight excluding hydrogens is 362 g/mol. The Morgan fingerprint density at radius 1 is 1.19 bits per heavy atom. The van der Waals surface area contributed by atoms with E-state index in [0.717, 1.165) is 29.9 Å². The Hall–Kier alpha value is -3.24. The normalized spacial score (nSPS) is 11.0. The van der Waals surface area contributed by atoms with Crippen LogP contribution in [0.3, 0.4) is 0 Å². The first-order valence-electron chi connectivity index (χ1n) is 8.60. The quantitative estimate of drug-likeness (QED) is 0.531. The lowest BCUT2D eigenvalue weighted by Crippen LogP contribution is -2.06. The van der Waals surface area contributed by atoms with Gasteiger partial charge >= 0.3 is 0 Å². The maximum Gasteiger partial charge on any atom is 0.159 e. The number of nitriles is 1. The number of hydrogen-bond donors (Lipinski definition) is 0. The summed E-state index contributed by atoms with van der Waals surface area (Å²) < 4.78 is 3.79. The minimum Gasteiger partial charge on any atom is -0.324 e. The summed E-state index contributed by atoms with van der Waals surface area (Å²) in [5, 5.41) is 14.0. The number of aryl methyl sites for hydroxylation is 1. The monoisotopic (exact) mass is 377 g/mol. The van der Waals surface area contributed by atoms with Crippen LogP contribution in [0.1, 0.15) is 30.3 Å². The van der Waals surface area contributed by atoms with E-state index in [-0.39, 0.29) is 0 Å². The highest BCUT2D eigenvalue weighted by Gasteiger charge is 2.16. The van der Waals surface area contributed by atoms with E-state index in [1.54, 1.807) is 30.6 Å². The van der Waals surface area contributed by atoms with Crippen LogP contribution in [0.25, 0.3) is 17.2 Å². The fraction of sp³-hybridized carbons (Fsp3) is 0.211. The number of nitrogens with zero attached hydrogens (tertiary/aromatic N) is 7. The van der Waals surface area contributed by atoms with Gasteiger partial charge in [-0.1, -0.05) is 24.9 Å². The molecule has 0 radical (unpaired) electrons. The highest BCUT2D eigenvalue weighted by molar-refractivity contribution is 6.29. The largest absolute Gasteiger partial charge is 0.324 e. The molecule has 4 aromatic rings. The number of hydrogen-bond acceptors (Lipinski definition) is 5. The minimum atomic E-state index is 0.435. The van der Waals surface area contributed by atoms with Crippen LogP contribution in [0.5, 0.6) is 0 Å². The molecular formula is C19H16ClN7. The Bertz CT molecular complexity index is 1150. The highest BCUT2D eigenvalue weighted by atomic mass is 35.5. The van der Waals surface area contributed by atoms with Crippen molar-refractivity contribution in [1.29, 1.82) is 5.26 Å². The highest BCUT2D eigenvalue weighted by Crippen LogP contribution is 2.21. The molecule has 27 heavy (non-hydrogen) atoms. The summed E-state index contributed by atoms with van der Waals surface area (Å²) in [4.78, 5) is 13.5. The van der Waals surface area contributed by atoms with Crippen molar-refractivity contribution in [2.75, 3.05) is 0 Å². The lowest BCUT2D eigenvalue weighted by atomic mass is 10.2. The molecule has 4 rings (SSSR count). The van der Waals surface area contributed by atoms with E-state index in [4.69, 9.17) is 21.8 Å². The first-order valence-corrected chi connectivity index (χ1v) is 8.98. The third kappa shape index (κ3) is 3.27. The van der Waals surface area contributed by atoms with Gasteiger partial charge in [0.25, 0.3) is 0 Å². The van der Waals surface area contributed by atoms with Crippen LogP contribution in [0, 0.1) is 11.3 Å². The fourth-order valence-electron chi connectivity index (χ4n) is 3.07. The molecule has 0 aliphatic rings. The average molecular weight is 378 g/mol. The summed E-state index contributed by atoms with van der Waals surface area (Å²) in [6.07, 6.45) is 7.04. The molecule has 0 aliphatic heterocycles. The van der Waals surface area contributed by atoms with Crippen LogP contribution in [-0.4, -0.2) is 29.1 Å². The van der Waals surface area contributed by atoms with E-state index in [2.05, 4.69) is 28.1 Å². The van der Waals surface area contributed by atoms with Gasteiger partial charge < -0.3 is 4.57 Å². The molecule has 7 nitrogen and oxygen atoms in total. The Kier molecular flexibility index (Phi) is 4.57. The zero-order chi connectivity index (χ0) is 18.8. The Labute approximate surface area is 160 Å². The number of fused-ring (bicyclic) bond motifs is 1. The second kappa shape index (κ2) is 7.17. The molecule has 0 amide bonds. The molecule has 0 aromatic carbocycles.